The summed E-state index contributed by atoms with van der Waals surface area (Å²) in [5.74, 6) is -0.802. The van der Waals surface area contributed by atoms with Gasteiger partial charge in [0.25, 0.3) is 0 Å². The molecule has 0 bridgehead atoms. The first kappa shape index (κ1) is 18.5. The first-order valence-corrected chi connectivity index (χ1v) is 7.32. The molecule has 2 aromatic rings. The Kier molecular flexibility index (Phi) is 5.11. The maximum atomic E-state index is 12.7. The third-order valence-corrected chi connectivity index (χ3v) is 3.75. The zero-order chi connectivity index (χ0) is 18.1. The fraction of sp³-hybridized carbons (Fsp3) is 0.231. The van der Waals surface area contributed by atoms with Crippen molar-refractivity contribution in [1.82, 2.24) is 9.78 Å². The van der Waals surface area contributed by atoms with Crippen LogP contribution in [-0.4, -0.2) is 15.7 Å². The molecule has 0 aliphatic rings. The Hall–Kier alpha value is -1.79. The minimum Gasteiger partial charge on any atom is -0.323 e. The Bertz CT molecular complexity index is 753. The van der Waals surface area contributed by atoms with Gasteiger partial charge in [-0.2, -0.15) is 31.4 Å². The van der Waals surface area contributed by atoms with E-state index in [4.69, 9.17) is 0 Å². The lowest BCUT2D eigenvalue weighted by Gasteiger charge is -2.12. The summed E-state index contributed by atoms with van der Waals surface area (Å²) < 4.78 is 76.3. The number of hydrogen-bond donors (Lipinski definition) is 1. The van der Waals surface area contributed by atoms with Crippen LogP contribution >= 0.6 is 22.6 Å². The molecule has 0 aliphatic heterocycles. The van der Waals surface area contributed by atoms with E-state index in [-0.39, 0.29) is 5.69 Å². The number of anilines is 1. The number of nitrogens with one attached hydrogen (secondary N) is 1. The SMILES string of the molecule is O=C(Cn1ccc(C(F)(F)F)n1)Nc1cc(C(F)(F)F)ccc1I. The van der Waals surface area contributed by atoms with Crippen molar-refractivity contribution >= 4 is 34.2 Å². The van der Waals surface area contributed by atoms with Crippen molar-refractivity contribution < 1.29 is 31.1 Å². The van der Waals surface area contributed by atoms with E-state index >= 15 is 0 Å². The van der Waals surface area contributed by atoms with Crippen LogP contribution in [0.25, 0.3) is 0 Å². The molecule has 0 atom stereocenters. The second-order valence-corrected chi connectivity index (χ2v) is 5.80. The lowest BCUT2D eigenvalue weighted by molar-refractivity contribution is -0.141. The molecule has 1 heterocycles. The molecule has 24 heavy (non-hydrogen) atoms. The number of hydrogen-bond acceptors (Lipinski definition) is 2. The smallest absolute Gasteiger partial charge is 0.323 e. The van der Waals surface area contributed by atoms with Gasteiger partial charge in [-0.3, -0.25) is 9.48 Å². The van der Waals surface area contributed by atoms with Crippen molar-refractivity contribution in [3.8, 4) is 0 Å². The maximum Gasteiger partial charge on any atom is 0.435 e. The van der Waals surface area contributed by atoms with Gasteiger partial charge >= 0.3 is 12.4 Å². The van der Waals surface area contributed by atoms with Crippen molar-refractivity contribution in [1.29, 1.82) is 0 Å². The van der Waals surface area contributed by atoms with Crippen molar-refractivity contribution in [2.24, 2.45) is 0 Å². The monoisotopic (exact) mass is 463 g/mol. The van der Waals surface area contributed by atoms with Gasteiger partial charge in [-0.1, -0.05) is 0 Å². The Labute approximate surface area is 145 Å². The Morgan fingerprint density at radius 2 is 1.79 bits per heavy atom. The quantitative estimate of drug-likeness (QED) is 0.549. The average molecular weight is 463 g/mol. The number of carbonyl (C=O) groups is 1. The number of aromatic nitrogens is 2. The maximum absolute atomic E-state index is 12.7. The summed E-state index contributed by atoms with van der Waals surface area (Å²) in [5.41, 5.74) is -2.20. The van der Waals surface area contributed by atoms with E-state index < -0.39 is 36.1 Å². The third kappa shape index (κ3) is 4.61. The van der Waals surface area contributed by atoms with Gasteiger partial charge in [0.1, 0.15) is 6.54 Å². The predicted octanol–water partition coefficient (Wildman–Crippen LogP) is 4.16. The number of carbonyl (C=O) groups excluding carboxylic acids is 1. The summed E-state index contributed by atoms with van der Waals surface area (Å²) in [6, 6.07) is 3.49. The highest BCUT2D eigenvalue weighted by atomic mass is 127. The highest BCUT2D eigenvalue weighted by Gasteiger charge is 2.34. The molecule has 11 heteroatoms. The molecule has 0 radical (unpaired) electrons. The molecule has 4 nitrogen and oxygen atoms in total. The molecular weight excluding hydrogens is 455 g/mol. The van der Waals surface area contributed by atoms with E-state index in [9.17, 15) is 31.1 Å². The first-order chi connectivity index (χ1) is 11.0. The van der Waals surface area contributed by atoms with Crippen LogP contribution in [-0.2, 0) is 23.7 Å². The van der Waals surface area contributed by atoms with Crippen LogP contribution in [0.1, 0.15) is 11.3 Å². The van der Waals surface area contributed by atoms with E-state index in [0.29, 0.717) is 9.64 Å². The molecule has 0 aliphatic carbocycles. The van der Waals surface area contributed by atoms with Crippen molar-refractivity contribution in [3.63, 3.8) is 0 Å². The van der Waals surface area contributed by atoms with Crippen molar-refractivity contribution in [3.05, 3.63) is 45.3 Å². The Morgan fingerprint density at radius 1 is 1.12 bits per heavy atom. The van der Waals surface area contributed by atoms with Gasteiger partial charge in [-0.05, 0) is 46.9 Å². The predicted molar refractivity (Wildman–Crippen MR) is 80.0 cm³/mol. The minimum absolute atomic E-state index is 0.0846. The highest BCUT2D eigenvalue weighted by molar-refractivity contribution is 14.1. The molecule has 0 unspecified atom stereocenters. The molecule has 0 saturated heterocycles. The molecular formula is C13H8F6IN3O. The molecule has 130 valence electrons. The normalized spacial score (nSPS) is 12.3. The molecule has 1 aromatic heterocycles. The second-order valence-electron chi connectivity index (χ2n) is 4.64. The van der Waals surface area contributed by atoms with Crippen LogP contribution < -0.4 is 5.32 Å². The number of amides is 1. The van der Waals surface area contributed by atoms with Crippen molar-refractivity contribution in [2.75, 3.05) is 5.32 Å². The fourth-order valence-electron chi connectivity index (χ4n) is 1.74. The molecule has 0 fully saturated rings. The largest absolute Gasteiger partial charge is 0.435 e. The summed E-state index contributed by atoms with van der Waals surface area (Å²) >= 11 is 1.73. The molecule has 2 rings (SSSR count). The van der Waals surface area contributed by atoms with E-state index in [1.807, 2.05) is 0 Å². The van der Waals surface area contributed by atoms with Crippen LogP contribution in [0.4, 0.5) is 32.0 Å². The molecule has 1 aromatic carbocycles. The number of rotatable bonds is 3. The Morgan fingerprint density at radius 3 is 2.33 bits per heavy atom. The summed E-state index contributed by atoms with van der Waals surface area (Å²) in [6.45, 7) is -0.567. The fourth-order valence-corrected chi connectivity index (χ4v) is 2.21. The first-order valence-electron chi connectivity index (χ1n) is 6.24. The van der Waals surface area contributed by atoms with Gasteiger partial charge in [0.2, 0.25) is 5.91 Å². The number of nitrogens with zero attached hydrogens (tertiary/aromatic N) is 2. The van der Waals surface area contributed by atoms with Crippen LogP contribution in [0.3, 0.4) is 0 Å². The zero-order valence-corrected chi connectivity index (χ0v) is 13.7. The third-order valence-electron chi connectivity index (χ3n) is 2.80. The van der Waals surface area contributed by atoms with E-state index in [0.717, 1.165) is 23.0 Å². The number of alkyl halides is 6. The van der Waals surface area contributed by atoms with E-state index in [1.165, 1.54) is 6.07 Å². The van der Waals surface area contributed by atoms with Crippen LogP contribution in [0, 0.1) is 3.57 Å². The van der Waals surface area contributed by atoms with Crippen LogP contribution in [0.2, 0.25) is 0 Å². The van der Waals surface area contributed by atoms with Gasteiger partial charge in [0, 0.05) is 9.77 Å². The molecule has 1 amide bonds. The lowest BCUT2D eigenvalue weighted by Crippen LogP contribution is -2.20. The van der Waals surface area contributed by atoms with E-state index in [1.54, 1.807) is 22.6 Å². The van der Waals surface area contributed by atoms with Gasteiger partial charge in [0.05, 0.1) is 11.3 Å². The molecule has 0 saturated carbocycles. The summed E-state index contributed by atoms with van der Waals surface area (Å²) in [4.78, 5) is 11.8. The van der Waals surface area contributed by atoms with Gasteiger partial charge < -0.3 is 5.32 Å². The van der Waals surface area contributed by atoms with Crippen LogP contribution in [0.15, 0.2) is 30.5 Å². The van der Waals surface area contributed by atoms with Crippen LogP contribution in [0.5, 0.6) is 0 Å². The average Bonchev–Trinajstić information content (AvgIpc) is 2.88. The molecule has 0 spiro atoms. The standard InChI is InChI=1S/C13H8F6IN3O/c14-12(15,16)7-1-2-8(20)9(5-7)21-11(24)6-23-4-3-10(22-23)13(17,18)19/h1-5H,6H2,(H,21,24). The topological polar surface area (TPSA) is 46.9 Å². The highest BCUT2D eigenvalue weighted by Crippen LogP contribution is 2.32. The van der Waals surface area contributed by atoms with Gasteiger partial charge in [-0.25, -0.2) is 0 Å². The Balaban J connectivity index is 2.11. The van der Waals surface area contributed by atoms with Crippen molar-refractivity contribution in [2.45, 2.75) is 18.9 Å². The van der Waals surface area contributed by atoms with Gasteiger partial charge in [0.15, 0.2) is 5.69 Å². The van der Waals surface area contributed by atoms with E-state index in [2.05, 4.69) is 10.4 Å². The summed E-state index contributed by atoms with van der Waals surface area (Å²) in [6.07, 6.45) is -8.26. The van der Waals surface area contributed by atoms with Gasteiger partial charge in [-0.15, -0.1) is 0 Å². The number of benzene rings is 1. The molecule has 1 N–H and O–H groups in total. The number of halogens is 7. The summed E-state index contributed by atoms with van der Waals surface area (Å²) in [5, 5.41) is 5.42. The zero-order valence-electron chi connectivity index (χ0n) is 11.5. The second kappa shape index (κ2) is 6.61. The summed E-state index contributed by atoms with van der Waals surface area (Å²) in [7, 11) is 0. The lowest BCUT2D eigenvalue weighted by atomic mass is 10.2. The minimum atomic E-state index is -4.64.